The van der Waals surface area contributed by atoms with E-state index in [1.807, 2.05) is 32.9 Å². The van der Waals surface area contributed by atoms with Crippen LogP contribution < -0.4 is 4.90 Å². The number of anilines is 1. The van der Waals surface area contributed by atoms with E-state index < -0.39 is 5.60 Å². The number of carbonyl (C=O) groups is 1. The standard InChI is InChI=1S/C21H25FN2O2/c1-20(2,3)26-19(25)24-13-21(4,5)18-17(24)11-14(12-23-18)10-15-8-6-7-9-16(15)22/h6-9,11-12H,10,13H2,1-5H3. The van der Waals surface area contributed by atoms with Crippen molar-refractivity contribution in [3.63, 3.8) is 0 Å². The van der Waals surface area contributed by atoms with Gasteiger partial charge in [0.1, 0.15) is 11.4 Å². The largest absolute Gasteiger partial charge is 0.443 e. The van der Waals surface area contributed by atoms with Gasteiger partial charge >= 0.3 is 6.09 Å². The molecule has 2 aromatic rings. The molecular weight excluding hydrogens is 331 g/mol. The SMILES string of the molecule is CC(C)(C)OC(=O)N1CC(C)(C)c2ncc(Cc3ccccc3F)cc21. The molecule has 0 unspecified atom stereocenters. The number of ether oxygens (including phenoxy) is 1. The van der Waals surface area contributed by atoms with Crippen LogP contribution in [0.2, 0.25) is 0 Å². The summed E-state index contributed by atoms with van der Waals surface area (Å²) in [7, 11) is 0. The second-order valence-corrected chi connectivity index (χ2v) is 8.43. The van der Waals surface area contributed by atoms with Crippen LogP contribution in [0, 0.1) is 5.82 Å². The molecule has 26 heavy (non-hydrogen) atoms. The number of rotatable bonds is 2. The molecule has 4 nitrogen and oxygen atoms in total. The molecule has 1 aromatic carbocycles. The summed E-state index contributed by atoms with van der Waals surface area (Å²) < 4.78 is 19.5. The summed E-state index contributed by atoms with van der Waals surface area (Å²) in [6, 6.07) is 8.62. The quantitative estimate of drug-likeness (QED) is 0.773. The van der Waals surface area contributed by atoms with E-state index in [9.17, 15) is 9.18 Å². The van der Waals surface area contributed by atoms with Crippen LogP contribution in [-0.4, -0.2) is 23.2 Å². The summed E-state index contributed by atoms with van der Waals surface area (Å²) in [4.78, 5) is 18.9. The first-order valence-electron chi connectivity index (χ1n) is 8.80. The molecule has 1 aliphatic rings. The van der Waals surface area contributed by atoms with E-state index in [2.05, 4.69) is 18.8 Å². The summed E-state index contributed by atoms with van der Waals surface area (Å²) in [6.07, 6.45) is 1.82. The first-order valence-corrected chi connectivity index (χ1v) is 8.80. The predicted octanol–water partition coefficient (Wildman–Crippen LogP) is 4.84. The molecule has 1 amide bonds. The summed E-state index contributed by atoms with van der Waals surface area (Å²) in [5.41, 5.74) is 2.25. The van der Waals surface area contributed by atoms with Crippen molar-refractivity contribution in [1.82, 2.24) is 4.98 Å². The third-order valence-electron chi connectivity index (χ3n) is 4.38. The summed E-state index contributed by atoms with van der Waals surface area (Å²) in [5.74, 6) is -0.239. The first-order chi connectivity index (χ1) is 12.1. The molecule has 0 bridgehead atoms. The number of fused-ring (bicyclic) bond motifs is 1. The van der Waals surface area contributed by atoms with Crippen molar-refractivity contribution in [2.75, 3.05) is 11.4 Å². The van der Waals surface area contributed by atoms with E-state index in [0.29, 0.717) is 18.5 Å². The molecule has 0 atom stereocenters. The maximum atomic E-state index is 14.0. The number of pyridine rings is 1. The Hall–Kier alpha value is -2.43. The van der Waals surface area contributed by atoms with Crippen LogP contribution >= 0.6 is 0 Å². The highest BCUT2D eigenvalue weighted by Crippen LogP contribution is 2.40. The third-order valence-corrected chi connectivity index (χ3v) is 4.38. The highest BCUT2D eigenvalue weighted by Gasteiger charge is 2.41. The smallest absolute Gasteiger partial charge is 0.414 e. The number of hydrogen-bond donors (Lipinski definition) is 0. The monoisotopic (exact) mass is 356 g/mol. The van der Waals surface area contributed by atoms with Crippen molar-refractivity contribution < 1.29 is 13.9 Å². The van der Waals surface area contributed by atoms with Gasteiger partial charge in [-0.3, -0.25) is 9.88 Å². The molecule has 0 saturated carbocycles. The number of halogens is 1. The number of benzene rings is 1. The molecule has 0 spiro atoms. The lowest BCUT2D eigenvalue weighted by atomic mass is 9.91. The van der Waals surface area contributed by atoms with E-state index in [4.69, 9.17) is 4.74 Å². The Morgan fingerprint density at radius 2 is 2.00 bits per heavy atom. The molecule has 0 fully saturated rings. The summed E-state index contributed by atoms with van der Waals surface area (Å²) >= 11 is 0. The molecule has 2 heterocycles. The van der Waals surface area contributed by atoms with Crippen molar-refractivity contribution in [2.45, 2.75) is 52.1 Å². The third kappa shape index (κ3) is 3.71. The van der Waals surface area contributed by atoms with Gasteiger partial charge < -0.3 is 4.74 Å². The van der Waals surface area contributed by atoms with Crippen LogP contribution in [0.1, 0.15) is 51.4 Å². The maximum absolute atomic E-state index is 14.0. The Bertz CT molecular complexity index is 840. The van der Waals surface area contributed by atoms with Gasteiger partial charge in [-0.25, -0.2) is 9.18 Å². The van der Waals surface area contributed by atoms with Crippen molar-refractivity contribution in [3.05, 3.63) is 59.2 Å². The van der Waals surface area contributed by atoms with Gasteiger partial charge in [0.2, 0.25) is 0 Å². The van der Waals surface area contributed by atoms with Gasteiger partial charge in [0.15, 0.2) is 0 Å². The minimum Gasteiger partial charge on any atom is -0.443 e. The number of aromatic nitrogens is 1. The average Bonchev–Trinajstić information content (AvgIpc) is 2.79. The van der Waals surface area contributed by atoms with Crippen LogP contribution in [0.5, 0.6) is 0 Å². The van der Waals surface area contributed by atoms with Crippen LogP contribution in [0.3, 0.4) is 0 Å². The Morgan fingerprint density at radius 3 is 2.65 bits per heavy atom. The normalized spacial score (nSPS) is 15.7. The molecule has 0 N–H and O–H groups in total. The topological polar surface area (TPSA) is 42.4 Å². The van der Waals surface area contributed by atoms with Crippen LogP contribution in [0.25, 0.3) is 0 Å². The molecule has 5 heteroatoms. The zero-order valence-electron chi connectivity index (χ0n) is 16.0. The van der Waals surface area contributed by atoms with E-state index in [0.717, 1.165) is 16.9 Å². The lowest BCUT2D eigenvalue weighted by molar-refractivity contribution is 0.0579. The number of carbonyl (C=O) groups excluding carboxylic acids is 1. The second-order valence-electron chi connectivity index (χ2n) is 8.43. The van der Waals surface area contributed by atoms with Crippen LogP contribution in [-0.2, 0) is 16.6 Å². The Morgan fingerprint density at radius 1 is 1.31 bits per heavy atom. The lowest BCUT2D eigenvalue weighted by Gasteiger charge is -2.25. The zero-order chi connectivity index (χ0) is 19.1. The van der Waals surface area contributed by atoms with Gasteiger partial charge in [-0.1, -0.05) is 32.0 Å². The van der Waals surface area contributed by atoms with Crippen molar-refractivity contribution in [1.29, 1.82) is 0 Å². The van der Waals surface area contributed by atoms with E-state index in [1.54, 1.807) is 23.2 Å². The van der Waals surface area contributed by atoms with Gasteiger partial charge in [-0.05, 0) is 44.0 Å². The highest BCUT2D eigenvalue weighted by atomic mass is 19.1. The van der Waals surface area contributed by atoms with Gasteiger partial charge in [0.05, 0.1) is 11.4 Å². The van der Waals surface area contributed by atoms with Crippen molar-refractivity contribution >= 4 is 11.8 Å². The lowest BCUT2D eigenvalue weighted by Crippen LogP contribution is -2.38. The minimum atomic E-state index is -0.567. The molecular formula is C21H25FN2O2. The molecule has 0 radical (unpaired) electrons. The number of nitrogens with zero attached hydrogens (tertiary/aromatic N) is 2. The number of amides is 1. The van der Waals surface area contributed by atoms with E-state index in [-0.39, 0.29) is 17.3 Å². The Kier molecular flexibility index (Phi) is 4.51. The minimum absolute atomic E-state index is 0.239. The summed E-state index contributed by atoms with van der Waals surface area (Å²) in [5, 5.41) is 0. The fourth-order valence-corrected chi connectivity index (χ4v) is 3.22. The number of hydrogen-bond acceptors (Lipinski definition) is 3. The zero-order valence-corrected chi connectivity index (χ0v) is 16.0. The second kappa shape index (κ2) is 6.38. The average molecular weight is 356 g/mol. The van der Waals surface area contributed by atoms with E-state index >= 15 is 0 Å². The van der Waals surface area contributed by atoms with Gasteiger partial charge in [-0.2, -0.15) is 0 Å². The van der Waals surface area contributed by atoms with Crippen LogP contribution in [0.15, 0.2) is 36.5 Å². The molecule has 1 aliphatic heterocycles. The molecule has 1 aromatic heterocycles. The fourth-order valence-electron chi connectivity index (χ4n) is 3.22. The van der Waals surface area contributed by atoms with Crippen LogP contribution in [0.4, 0.5) is 14.9 Å². The first kappa shape index (κ1) is 18.4. The highest BCUT2D eigenvalue weighted by molar-refractivity contribution is 5.91. The van der Waals surface area contributed by atoms with E-state index in [1.165, 1.54) is 6.07 Å². The molecule has 0 saturated heterocycles. The predicted molar refractivity (Wildman–Crippen MR) is 100 cm³/mol. The molecule has 138 valence electrons. The Labute approximate surface area is 154 Å². The summed E-state index contributed by atoms with van der Waals surface area (Å²) in [6.45, 7) is 10.2. The van der Waals surface area contributed by atoms with Crippen molar-refractivity contribution in [2.24, 2.45) is 0 Å². The maximum Gasteiger partial charge on any atom is 0.414 e. The Balaban J connectivity index is 1.94. The van der Waals surface area contributed by atoms with Gasteiger partial charge in [0.25, 0.3) is 0 Å². The molecule has 0 aliphatic carbocycles. The van der Waals surface area contributed by atoms with Gasteiger partial charge in [0, 0.05) is 24.6 Å². The van der Waals surface area contributed by atoms with Crippen molar-refractivity contribution in [3.8, 4) is 0 Å². The fraction of sp³-hybridized carbons (Fsp3) is 0.429. The van der Waals surface area contributed by atoms with Gasteiger partial charge in [-0.15, -0.1) is 0 Å². The molecule has 3 rings (SSSR count).